The Balaban J connectivity index is 1.56. The molecule has 7 heteroatoms. The monoisotopic (exact) mass is 371 g/mol. The minimum Gasteiger partial charge on any atom is -0.319 e. The van der Waals surface area contributed by atoms with E-state index in [0.717, 1.165) is 10.6 Å². The Bertz CT molecular complexity index is 1080. The van der Waals surface area contributed by atoms with Crippen molar-refractivity contribution in [2.45, 2.75) is 19.0 Å². The van der Waals surface area contributed by atoms with Crippen LogP contribution in [-0.4, -0.2) is 26.6 Å². The number of nitrogens with zero attached hydrogens (tertiary/aromatic N) is 4. The van der Waals surface area contributed by atoms with Crippen molar-refractivity contribution in [2.24, 2.45) is 0 Å². The minimum atomic E-state index is -1.17. The topological polar surface area (TPSA) is 91.0 Å². The first-order valence-electron chi connectivity index (χ1n) is 8.76. The van der Waals surface area contributed by atoms with Crippen LogP contribution in [0.4, 0.5) is 4.79 Å². The summed E-state index contributed by atoms with van der Waals surface area (Å²) < 4.78 is 1.70. The van der Waals surface area contributed by atoms with Crippen LogP contribution in [0, 0.1) is 11.3 Å². The van der Waals surface area contributed by atoms with Crippen molar-refractivity contribution in [1.82, 2.24) is 20.0 Å². The molecule has 3 aromatic rings. The molecule has 1 saturated heterocycles. The number of rotatable bonds is 4. The first kappa shape index (κ1) is 17.5. The van der Waals surface area contributed by atoms with E-state index in [1.807, 2.05) is 36.4 Å². The number of para-hydroxylation sites is 1. The third-order valence-corrected chi connectivity index (χ3v) is 4.85. The number of imide groups is 1. The van der Waals surface area contributed by atoms with Gasteiger partial charge in [-0.1, -0.05) is 30.3 Å². The molecule has 138 valence electrons. The van der Waals surface area contributed by atoms with Crippen molar-refractivity contribution in [1.29, 1.82) is 5.26 Å². The lowest BCUT2D eigenvalue weighted by molar-refractivity contribution is -0.131. The molecule has 1 aromatic heterocycles. The Morgan fingerprint density at radius 2 is 1.79 bits per heavy atom. The molecule has 7 nitrogen and oxygen atoms in total. The van der Waals surface area contributed by atoms with Gasteiger partial charge in [0.15, 0.2) is 0 Å². The molecule has 1 unspecified atom stereocenters. The maximum absolute atomic E-state index is 13.0. The van der Waals surface area contributed by atoms with Gasteiger partial charge in [-0.25, -0.2) is 9.48 Å². The molecule has 3 amide bonds. The van der Waals surface area contributed by atoms with E-state index in [1.54, 1.807) is 48.1 Å². The van der Waals surface area contributed by atoms with E-state index in [9.17, 15) is 9.59 Å². The molecule has 2 heterocycles. The fraction of sp³-hybridized carbons (Fsp3) is 0.143. The normalized spacial score (nSPS) is 18.8. The average Bonchev–Trinajstić information content (AvgIpc) is 3.28. The number of hydrogen-bond acceptors (Lipinski definition) is 4. The molecule has 0 radical (unpaired) electrons. The molecular formula is C21H17N5O2. The van der Waals surface area contributed by atoms with E-state index in [1.165, 1.54) is 0 Å². The van der Waals surface area contributed by atoms with Gasteiger partial charge in [-0.05, 0) is 42.8 Å². The summed E-state index contributed by atoms with van der Waals surface area (Å²) in [6, 6.07) is 19.6. The molecule has 2 aromatic carbocycles. The summed E-state index contributed by atoms with van der Waals surface area (Å²) in [6.45, 7) is 1.74. The Labute approximate surface area is 161 Å². The Hall–Kier alpha value is -3.92. The number of benzene rings is 2. The van der Waals surface area contributed by atoms with Crippen molar-refractivity contribution in [3.63, 3.8) is 0 Å². The predicted octanol–water partition coefficient (Wildman–Crippen LogP) is 2.71. The molecule has 1 atom stereocenters. The Morgan fingerprint density at radius 1 is 1.07 bits per heavy atom. The van der Waals surface area contributed by atoms with E-state index in [4.69, 9.17) is 5.26 Å². The van der Waals surface area contributed by atoms with Gasteiger partial charge >= 0.3 is 6.03 Å². The molecule has 1 fully saturated rings. The molecule has 1 N–H and O–H groups in total. The molecule has 0 saturated carbocycles. The maximum atomic E-state index is 13.0. The summed E-state index contributed by atoms with van der Waals surface area (Å²) >= 11 is 0. The van der Waals surface area contributed by atoms with Crippen LogP contribution in [0.1, 0.15) is 23.7 Å². The second-order valence-electron chi connectivity index (χ2n) is 6.72. The fourth-order valence-corrected chi connectivity index (χ4v) is 3.25. The molecule has 0 spiro atoms. The standard InChI is InChI=1S/C21H17N5O2/c1-21(16-9-7-15(13-22)8-10-16)19(27)25(20(28)23-21)14-17-11-12-26(24-17)18-5-3-2-4-6-18/h2-12H,14H2,1H3,(H,23,28). The van der Waals surface area contributed by atoms with Gasteiger partial charge in [0.25, 0.3) is 5.91 Å². The first-order chi connectivity index (χ1) is 13.5. The zero-order chi connectivity index (χ0) is 19.7. The second-order valence-corrected chi connectivity index (χ2v) is 6.72. The van der Waals surface area contributed by atoms with Gasteiger partial charge in [-0.3, -0.25) is 9.69 Å². The van der Waals surface area contributed by atoms with Gasteiger partial charge in [-0.2, -0.15) is 10.4 Å². The number of urea groups is 1. The zero-order valence-electron chi connectivity index (χ0n) is 15.2. The van der Waals surface area contributed by atoms with Crippen molar-refractivity contribution >= 4 is 11.9 Å². The summed E-state index contributed by atoms with van der Waals surface area (Å²) in [5.41, 5.74) is 1.45. The lowest BCUT2D eigenvalue weighted by atomic mass is 9.91. The molecule has 0 bridgehead atoms. The van der Waals surface area contributed by atoms with E-state index in [2.05, 4.69) is 10.4 Å². The van der Waals surface area contributed by atoms with Crippen LogP contribution >= 0.6 is 0 Å². The average molecular weight is 371 g/mol. The van der Waals surface area contributed by atoms with Crippen molar-refractivity contribution in [3.05, 3.63) is 83.7 Å². The third kappa shape index (κ3) is 2.91. The van der Waals surface area contributed by atoms with Crippen LogP contribution in [0.15, 0.2) is 66.9 Å². The lowest BCUT2D eigenvalue weighted by Crippen LogP contribution is -2.40. The highest BCUT2D eigenvalue weighted by molar-refractivity contribution is 6.07. The third-order valence-electron chi connectivity index (χ3n) is 4.85. The summed E-state index contributed by atoms with van der Waals surface area (Å²) in [5, 5.41) is 16.2. The first-order valence-corrected chi connectivity index (χ1v) is 8.76. The number of nitrogens with one attached hydrogen (secondary N) is 1. The Kier molecular flexibility index (Phi) is 4.17. The fourth-order valence-electron chi connectivity index (χ4n) is 3.25. The van der Waals surface area contributed by atoms with Crippen LogP contribution in [0.2, 0.25) is 0 Å². The predicted molar refractivity (Wildman–Crippen MR) is 101 cm³/mol. The van der Waals surface area contributed by atoms with Gasteiger partial charge in [0.2, 0.25) is 0 Å². The van der Waals surface area contributed by atoms with Gasteiger partial charge in [-0.15, -0.1) is 0 Å². The second kappa shape index (κ2) is 6.67. The van der Waals surface area contributed by atoms with E-state index < -0.39 is 11.6 Å². The highest BCUT2D eigenvalue weighted by Gasteiger charge is 2.49. The number of hydrogen-bond donors (Lipinski definition) is 1. The summed E-state index contributed by atoms with van der Waals surface area (Å²) in [7, 11) is 0. The van der Waals surface area contributed by atoms with Crippen molar-refractivity contribution in [3.8, 4) is 11.8 Å². The number of amides is 3. The van der Waals surface area contributed by atoms with Crippen LogP contribution in [-0.2, 0) is 16.9 Å². The summed E-state index contributed by atoms with van der Waals surface area (Å²) in [4.78, 5) is 26.7. The van der Waals surface area contributed by atoms with Crippen molar-refractivity contribution < 1.29 is 9.59 Å². The number of aromatic nitrogens is 2. The van der Waals surface area contributed by atoms with E-state index in [-0.39, 0.29) is 12.5 Å². The summed E-state index contributed by atoms with van der Waals surface area (Å²) in [5.74, 6) is -0.350. The van der Waals surface area contributed by atoms with Gasteiger partial charge in [0.05, 0.1) is 29.6 Å². The highest BCUT2D eigenvalue weighted by Crippen LogP contribution is 2.29. The smallest absolute Gasteiger partial charge is 0.319 e. The molecule has 28 heavy (non-hydrogen) atoms. The number of carbonyl (C=O) groups is 2. The van der Waals surface area contributed by atoms with Gasteiger partial charge < -0.3 is 5.32 Å². The van der Waals surface area contributed by atoms with Gasteiger partial charge in [0, 0.05) is 6.20 Å². The largest absolute Gasteiger partial charge is 0.325 e. The minimum absolute atomic E-state index is 0.0797. The number of carbonyl (C=O) groups excluding carboxylic acids is 2. The Morgan fingerprint density at radius 3 is 2.46 bits per heavy atom. The van der Waals surface area contributed by atoms with Crippen molar-refractivity contribution in [2.75, 3.05) is 0 Å². The molecule has 4 rings (SSSR count). The quantitative estimate of drug-likeness (QED) is 0.714. The van der Waals surface area contributed by atoms with E-state index >= 15 is 0 Å². The van der Waals surface area contributed by atoms with E-state index in [0.29, 0.717) is 16.8 Å². The molecule has 1 aliphatic rings. The van der Waals surface area contributed by atoms with Crippen LogP contribution in [0.5, 0.6) is 0 Å². The van der Waals surface area contributed by atoms with Crippen LogP contribution in [0.3, 0.4) is 0 Å². The maximum Gasteiger partial charge on any atom is 0.325 e. The highest BCUT2D eigenvalue weighted by atomic mass is 16.2. The number of nitriles is 1. The summed E-state index contributed by atoms with van der Waals surface area (Å²) in [6.07, 6.45) is 1.79. The van der Waals surface area contributed by atoms with Gasteiger partial charge in [0.1, 0.15) is 5.54 Å². The lowest BCUT2D eigenvalue weighted by Gasteiger charge is -2.22. The SMILES string of the molecule is CC1(c2ccc(C#N)cc2)NC(=O)N(Cc2ccn(-c3ccccc3)n2)C1=O. The van der Waals surface area contributed by atoms with Crippen LogP contribution in [0.25, 0.3) is 5.69 Å². The molecule has 0 aliphatic carbocycles. The molecule has 1 aliphatic heterocycles. The molecular weight excluding hydrogens is 354 g/mol. The zero-order valence-corrected chi connectivity index (χ0v) is 15.2. The van der Waals surface area contributed by atoms with Crippen LogP contribution < -0.4 is 5.32 Å².